The van der Waals surface area contributed by atoms with E-state index < -0.39 is 11.5 Å². The summed E-state index contributed by atoms with van der Waals surface area (Å²) in [5.41, 5.74) is 0.721. The molecule has 108 valence electrons. The summed E-state index contributed by atoms with van der Waals surface area (Å²) < 4.78 is 28.1. The fourth-order valence-corrected chi connectivity index (χ4v) is 2.24. The van der Waals surface area contributed by atoms with Gasteiger partial charge in [0, 0.05) is 41.6 Å². The van der Waals surface area contributed by atoms with Crippen LogP contribution in [0.2, 0.25) is 0 Å². The number of alkyl halides is 2. The van der Waals surface area contributed by atoms with Crippen molar-refractivity contribution < 1.29 is 13.7 Å². The maximum absolute atomic E-state index is 12.8. The SMILES string of the molecule is O=[N+]([O-])c1ccc2c(ccn2Cc2nccn2C(F)F)c1. The van der Waals surface area contributed by atoms with E-state index in [1.54, 1.807) is 22.9 Å². The summed E-state index contributed by atoms with van der Waals surface area (Å²) in [7, 11) is 0. The summed E-state index contributed by atoms with van der Waals surface area (Å²) in [4.78, 5) is 14.2. The van der Waals surface area contributed by atoms with Gasteiger partial charge in [0.25, 0.3) is 5.69 Å². The van der Waals surface area contributed by atoms with Crippen LogP contribution in [0.5, 0.6) is 0 Å². The molecule has 0 spiro atoms. The van der Waals surface area contributed by atoms with Crippen LogP contribution >= 0.6 is 0 Å². The van der Waals surface area contributed by atoms with Crippen molar-refractivity contribution in [3.05, 3.63) is 58.8 Å². The van der Waals surface area contributed by atoms with Gasteiger partial charge < -0.3 is 4.57 Å². The topological polar surface area (TPSA) is 65.9 Å². The number of imidazole rings is 1. The Morgan fingerprint density at radius 2 is 2.10 bits per heavy atom. The number of fused-ring (bicyclic) bond motifs is 1. The van der Waals surface area contributed by atoms with Crippen molar-refractivity contribution in [2.24, 2.45) is 0 Å². The van der Waals surface area contributed by atoms with E-state index in [2.05, 4.69) is 4.98 Å². The number of non-ortho nitro benzene ring substituents is 1. The van der Waals surface area contributed by atoms with Crippen molar-refractivity contribution in [1.82, 2.24) is 14.1 Å². The second-order valence-corrected chi connectivity index (χ2v) is 4.47. The average Bonchev–Trinajstić information content (AvgIpc) is 3.06. The van der Waals surface area contributed by atoms with Crippen LogP contribution in [0.15, 0.2) is 42.9 Å². The predicted molar refractivity (Wildman–Crippen MR) is 71.2 cm³/mol. The zero-order valence-electron chi connectivity index (χ0n) is 10.7. The van der Waals surface area contributed by atoms with E-state index in [1.807, 2.05) is 0 Å². The summed E-state index contributed by atoms with van der Waals surface area (Å²) in [6, 6.07) is 6.14. The monoisotopic (exact) mass is 292 g/mol. The lowest BCUT2D eigenvalue weighted by molar-refractivity contribution is -0.384. The van der Waals surface area contributed by atoms with Gasteiger partial charge >= 0.3 is 6.55 Å². The fraction of sp³-hybridized carbons (Fsp3) is 0.154. The summed E-state index contributed by atoms with van der Waals surface area (Å²) in [6.45, 7) is -2.48. The van der Waals surface area contributed by atoms with E-state index >= 15 is 0 Å². The van der Waals surface area contributed by atoms with Gasteiger partial charge in [-0.05, 0) is 12.1 Å². The minimum absolute atomic E-state index is 0.00525. The molecule has 0 saturated carbocycles. The van der Waals surface area contributed by atoms with E-state index in [9.17, 15) is 18.9 Å². The molecule has 8 heteroatoms. The van der Waals surface area contributed by atoms with E-state index in [0.717, 1.165) is 10.1 Å². The number of nitro benzene ring substituents is 1. The first-order chi connectivity index (χ1) is 10.1. The van der Waals surface area contributed by atoms with Crippen molar-refractivity contribution in [3.8, 4) is 0 Å². The molecule has 6 nitrogen and oxygen atoms in total. The molecule has 3 aromatic rings. The lowest BCUT2D eigenvalue weighted by Crippen LogP contribution is -2.08. The molecule has 0 saturated heterocycles. The molecule has 21 heavy (non-hydrogen) atoms. The van der Waals surface area contributed by atoms with Crippen molar-refractivity contribution in [1.29, 1.82) is 0 Å². The van der Waals surface area contributed by atoms with Crippen molar-refractivity contribution in [3.63, 3.8) is 0 Å². The van der Waals surface area contributed by atoms with Crippen LogP contribution in [0, 0.1) is 10.1 Å². The maximum atomic E-state index is 12.8. The van der Waals surface area contributed by atoms with Crippen molar-refractivity contribution >= 4 is 16.6 Å². The van der Waals surface area contributed by atoms with Gasteiger partial charge in [0.05, 0.1) is 11.5 Å². The molecular formula is C13H10F2N4O2. The minimum Gasteiger partial charge on any atom is -0.340 e. The van der Waals surface area contributed by atoms with Gasteiger partial charge in [-0.2, -0.15) is 8.78 Å². The van der Waals surface area contributed by atoms with Gasteiger partial charge in [0.1, 0.15) is 5.82 Å². The third-order valence-corrected chi connectivity index (χ3v) is 3.24. The first-order valence-corrected chi connectivity index (χ1v) is 6.09. The van der Waals surface area contributed by atoms with E-state index in [-0.39, 0.29) is 18.1 Å². The number of rotatable bonds is 4. The largest absolute Gasteiger partial charge is 0.340 e. The Kier molecular flexibility index (Phi) is 3.13. The highest BCUT2D eigenvalue weighted by molar-refractivity contribution is 5.82. The van der Waals surface area contributed by atoms with Gasteiger partial charge in [0.2, 0.25) is 0 Å². The molecule has 0 bridgehead atoms. The molecule has 0 aliphatic carbocycles. The highest BCUT2D eigenvalue weighted by Gasteiger charge is 2.13. The zero-order chi connectivity index (χ0) is 15.0. The van der Waals surface area contributed by atoms with E-state index in [1.165, 1.54) is 24.5 Å². The second-order valence-electron chi connectivity index (χ2n) is 4.47. The van der Waals surface area contributed by atoms with Crippen LogP contribution in [-0.2, 0) is 6.54 Å². The number of nitrogens with zero attached hydrogens (tertiary/aromatic N) is 4. The standard InChI is InChI=1S/C13H10F2N4O2/c14-13(15)18-6-4-16-12(18)8-17-5-3-9-7-10(19(20)21)1-2-11(9)17/h1-7,13H,8H2. The Morgan fingerprint density at radius 1 is 1.29 bits per heavy atom. The lowest BCUT2D eigenvalue weighted by Gasteiger charge is -2.08. The summed E-state index contributed by atoms with van der Waals surface area (Å²) in [5.74, 6) is 0.223. The highest BCUT2D eigenvalue weighted by atomic mass is 19.3. The summed E-state index contributed by atoms with van der Waals surface area (Å²) in [5, 5.41) is 11.4. The predicted octanol–water partition coefficient (Wildman–Crippen LogP) is 3.19. The number of hydrogen-bond acceptors (Lipinski definition) is 3. The Morgan fingerprint density at radius 3 is 2.81 bits per heavy atom. The van der Waals surface area contributed by atoms with E-state index in [4.69, 9.17) is 0 Å². The van der Waals surface area contributed by atoms with Gasteiger partial charge in [-0.15, -0.1) is 0 Å². The van der Waals surface area contributed by atoms with Gasteiger partial charge in [-0.1, -0.05) is 0 Å². The smallest absolute Gasteiger partial charge is 0.319 e. The van der Waals surface area contributed by atoms with Crippen LogP contribution < -0.4 is 0 Å². The molecule has 0 aliphatic heterocycles. The average molecular weight is 292 g/mol. The molecule has 0 N–H and O–H groups in total. The van der Waals surface area contributed by atoms with Crippen LogP contribution in [0.25, 0.3) is 10.9 Å². The lowest BCUT2D eigenvalue weighted by atomic mass is 10.2. The third kappa shape index (κ3) is 2.35. The molecule has 0 atom stereocenters. The Hall–Kier alpha value is -2.77. The normalized spacial score (nSPS) is 11.4. The van der Waals surface area contributed by atoms with Crippen LogP contribution in [0.3, 0.4) is 0 Å². The Labute approximate surface area is 117 Å². The summed E-state index contributed by atoms with van der Waals surface area (Å²) in [6.07, 6.45) is 4.23. The number of aromatic nitrogens is 3. The number of nitro groups is 1. The van der Waals surface area contributed by atoms with Gasteiger partial charge in [-0.3, -0.25) is 14.7 Å². The molecule has 0 aliphatic rings. The molecule has 2 aromatic heterocycles. The van der Waals surface area contributed by atoms with Crippen LogP contribution in [-0.4, -0.2) is 19.0 Å². The van der Waals surface area contributed by atoms with Crippen LogP contribution in [0.1, 0.15) is 12.4 Å². The van der Waals surface area contributed by atoms with Crippen LogP contribution in [0.4, 0.5) is 14.5 Å². The Balaban J connectivity index is 1.98. The highest BCUT2D eigenvalue weighted by Crippen LogP contribution is 2.23. The zero-order valence-corrected chi connectivity index (χ0v) is 10.7. The summed E-state index contributed by atoms with van der Waals surface area (Å²) >= 11 is 0. The Bertz CT molecular complexity index is 809. The quantitative estimate of drug-likeness (QED) is 0.548. The third-order valence-electron chi connectivity index (χ3n) is 3.24. The molecule has 2 heterocycles. The number of halogens is 2. The van der Waals surface area contributed by atoms with Crippen molar-refractivity contribution in [2.75, 3.05) is 0 Å². The molecule has 0 fully saturated rings. The fourth-order valence-electron chi connectivity index (χ4n) is 2.24. The molecule has 1 aromatic carbocycles. The van der Waals surface area contributed by atoms with Crippen molar-refractivity contribution in [2.45, 2.75) is 13.1 Å². The van der Waals surface area contributed by atoms with E-state index in [0.29, 0.717) is 5.39 Å². The molecule has 0 radical (unpaired) electrons. The molecular weight excluding hydrogens is 282 g/mol. The van der Waals surface area contributed by atoms with Gasteiger partial charge in [-0.25, -0.2) is 4.98 Å². The first kappa shape index (κ1) is 13.2. The number of hydrogen-bond donors (Lipinski definition) is 0. The number of benzene rings is 1. The van der Waals surface area contributed by atoms with Gasteiger partial charge in [0.15, 0.2) is 0 Å². The molecule has 3 rings (SSSR count). The molecule has 0 unspecified atom stereocenters. The first-order valence-electron chi connectivity index (χ1n) is 6.09. The maximum Gasteiger partial charge on any atom is 0.319 e. The molecule has 0 amide bonds. The minimum atomic E-state index is -2.65. The second kappa shape index (κ2) is 4.97.